The molecule has 172 valence electrons. The summed E-state index contributed by atoms with van der Waals surface area (Å²) in [6.07, 6.45) is -4.29. The second-order valence-electron chi connectivity index (χ2n) is 7.19. The molecule has 3 rings (SSSR count). The highest BCUT2D eigenvalue weighted by molar-refractivity contribution is 7.99. The van der Waals surface area contributed by atoms with Crippen LogP contribution in [-0.4, -0.2) is 66.5 Å². The Morgan fingerprint density at radius 2 is 1.62 bits per heavy atom. The van der Waals surface area contributed by atoms with Crippen molar-refractivity contribution in [3.05, 3.63) is 54.6 Å². The second kappa shape index (κ2) is 11.2. The summed E-state index contributed by atoms with van der Waals surface area (Å²) < 4.78 is 40.4. The van der Waals surface area contributed by atoms with Crippen molar-refractivity contribution in [1.29, 1.82) is 0 Å². The Labute approximate surface area is 188 Å². The van der Waals surface area contributed by atoms with E-state index in [1.54, 1.807) is 11.8 Å². The lowest BCUT2D eigenvalue weighted by molar-refractivity contribution is -0.274. The van der Waals surface area contributed by atoms with Crippen molar-refractivity contribution in [2.75, 3.05) is 43.8 Å². The van der Waals surface area contributed by atoms with Crippen molar-refractivity contribution in [2.24, 2.45) is 0 Å². The van der Waals surface area contributed by atoms with Crippen LogP contribution < -0.4 is 10.1 Å². The summed E-state index contributed by atoms with van der Waals surface area (Å²) >= 11 is 1.65. The Hall–Kier alpha value is -2.72. The first-order valence-electron chi connectivity index (χ1n) is 10.1. The van der Waals surface area contributed by atoms with Gasteiger partial charge in [0.25, 0.3) is 0 Å². The molecule has 1 aliphatic rings. The van der Waals surface area contributed by atoms with Crippen LogP contribution in [-0.2, 0) is 9.59 Å². The fraction of sp³-hybridized carbons (Fsp3) is 0.364. The third-order valence-corrected chi connectivity index (χ3v) is 5.81. The number of rotatable bonds is 8. The number of thioether (sulfide) groups is 1. The zero-order valence-corrected chi connectivity index (χ0v) is 18.1. The van der Waals surface area contributed by atoms with Crippen LogP contribution >= 0.6 is 11.8 Å². The molecular weight excluding hydrogens is 443 g/mol. The number of anilines is 1. The van der Waals surface area contributed by atoms with Gasteiger partial charge in [-0.2, -0.15) is 0 Å². The van der Waals surface area contributed by atoms with Crippen molar-refractivity contribution < 1.29 is 27.5 Å². The van der Waals surface area contributed by atoms with Gasteiger partial charge in [-0.15, -0.1) is 24.9 Å². The smallest absolute Gasteiger partial charge is 0.406 e. The molecule has 0 atom stereocenters. The SMILES string of the molecule is O=C(CN1CCN(C(=O)CCSc2ccccc2)CC1)Nc1ccc(OC(F)(F)F)cc1. The highest BCUT2D eigenvalue weighted by atomic mass is 32.2. The molecule has 2 amide bonds. The normalized spacial score (nSPS) is 14.8. The molecule has 2 aromatic rings. The van der Waals surface area contributed by atoms with Crippen molar-refractivity contribution >= 4 is 29.3 Å². The highest BCUT2D eigenvalue weighted by Crippen LogP contribution is 2.24. The molecule has 0 aliphatic carbocycles. The maximum atomic E-state index is 12.4. The standard InChI is InChI=1S/C22H24F3N3O3S/c23-22(24,25)31-18-8-6-17(7-9-18)26-20(29)16-27-11-13-28(14-12-27)21(30)10-15-32-19-4-2-1-3-5-19/h1-9H,10-16H2,(H,26,29). The van der Waals surface area contributed by atoms with E-state index < -0.39 is 6.36 Å². The van der Waals surface area contributed by atoms with Crippen molar-refractivity contribution in [3.63, 3.8) is 0 Å². The molecule has 1 aliphatic heterocycles. The number of hydrogen-bond donors (Lipinski definition) is 1. The topological polar surface area (TPSA) is 61.9 Å². The first-order chi connectivity index (χ1) is 15.3. The summed E-state index contributed by atoms with van der Waals surface area (Å²) in [6, 6.07) is 14.9. The number of nitrogens with one attached hydrogen (secondary N) is 1. The lowest BCUT2D eigenvalue weighted by Crippen LogP contribution is -2.50. The molecular formula is C22H24F3N3O3S. The van der Waals surface area contributed by atoms with Gasteiger partial charge in [-0.05, 0) is 36.4 Å². The molecule has 2 aromatic carbocycles. The van der Waals surface area contributed by atoms with E-state index in [1.165, 1.54) is 12.1 Å². The number of halogens is 3. The van der Waals surface area contributed by atoms with Gasteiger partial charge in [0.2, 0.25) is 11.8 Å². The van der Waals surface area contributed by atoms with Crippen LogP contribution in [0.4, 0.5) is 18.9 Å². The molecule has 0 aromatic heterocycles. The van der Waals surface area contributed by atoms with Crippen molar-refractivity contribution in [1.82, 2.24) is 9.80 Å². The summed E-state index contributed by atoms with van der Waals surface area (Å²) in [5.41, 5.74) is 0.384. The predicted octanol–water partition coefficient (Wildman–Crippen LogP) is 3.85. The van der Waals surface area contributed by atoms with Crippen LogP contribution in [0.2, 0.25) is 0 Å². The van der Waals surface area contributed by atoms with Gasteiger partial charge in [0.1, 0.15) is 5.75 Å². The molecule has 0 saturated carbocycles. The summed E-state index contributed by atoms with van der Waals surface area (Å²) in [5.74, 6) is 0.212. The molecule has 1 heterocycles. The van der Waals surface area contributed by atoms with Gasteiger partial charge in [-0.25, -0.2) is 0 Å². The molecule has 10 heteroatoms. The molecule has 1 N–H and O–H groups in total. The quantitative estimate of drug-likeness (QED) is 0.598. The van der Waals surface area contributed by atoms with Crippen LogP contribution in [0.3, 0.4) is 0 Å². The number of carbonyl (C=O) groups excluding carboxylic acids is 2. The summed E-state index contributed by atoms with van der Waals surface area (Å²) in [7, 11) is 0. The van der Waals surface area contributed by atoms with Gasteiger partial charge in [0.05, 0.1) is 6.54 Å². The monoisotopic (exact) mass is 467 g/mol. The Morgan fingerprint density at radius 3 is 2.25 bits per heavy atom. The van der Waals surface area contributed by atoms with Gasteiger partial charge in [0, 0.05) is 48.9 Å². The minimum atomic E-state index is -4.75. The zero-order valence-electron chi connectivity index (χ0n) is 17.3. The molecule has 0 radical (unpaired) electrons. The van der Waals surface area contributed by atoms with Gasteiger partial charge in [0.15, 0.2) is 0 Å². The average Bonchev–Trinajstić information content (AvgIpc) is 2.75. The highest BCUT2D eigenvalue weighted by Gasteiger charge is 2.31. The molecule has 0 unspecified atom stereocenters. The minimum absolute atomic E-state index is 0.110. The van der Waals surface area contributed by atoms with Crippen LogP contribution in [0.15, 0.2) is 59.5 Å². The zero-order chi connectivity index (χ0) is 23.0. The molecule has 6 nitrogen and oxygen atoms in total. The number of nitrogens with zero attached hydrogens (tertiary/aromatic N) is 2. The number of piperazine rings is 1. The Balaban J connectivity index is 1.35. The van der Waals surface area contributed by atoms with E-state index >= 15 is 0 Å². The van der Waals surface area contributed by atoms with Gasteiger partial charge < -0.3 is 15.0 Å². The van der Waals surface area contributed by atoms with E-state index in [4.69, 9.17) is 0 Å². The Kier molecular flexibility index (Phi) is 8.40. The molecule has 32 heavy (non-hydrogen) atoms. The van der Waals surface area contributed by atoms with Crippen LogP contribution in [0.1, 0.15) is 6.42 Å². The first kappa shape index (κ1) is 23.9. The number of amides is 2. The van der Waals surface area contributed by atoms with E-state index in [0.29, 0.717) is 38.3 Å². The largest absolute Gasteiger partial charge is 0.573 e. The predicted molar refractivity (Wildman–Crippen MR) is 117 cm³/mol. The van der Waals surface area contributed by atoms with E-state index in [2.05, 4.69) is 10.1 Å². The Morgan fingerprint density at radius 1 is 0.969 bits per heavy atom. The third-order valence-electron chi connectivity index (χ3n) is 4.79. The van der Waals surface area contributed by atoms with E-state index in [0.717, 1.165) is 22.8 Å². The van der Waals surface area contributed by atoms with Gasteiger partial charge in [-0.1, -0.05) is 18.2 Å². The van der Waals surface area contributed by atoms with E-state index in [-0.39, 0.29) is 24.1 Å². The van der Waals surface area contributed by atoms with Crippen LogP contribution in [0.25, 0.3) is 0 Å². The van der Waals surface area contributed by atoms with E-state index in [1.807, 2.05) is 40.1 Å². The fourth-order valence-corrected chi connectivity index (χ4v) is 4.09. The molecule has 0 spiro atoms. The maximum absolute atomic E-state index is 12.4. The van der Waals surface area contributed by atoms with Crippen LogP contribution in [0.5, 0.6) is 5.75 Å². The van der Waals surface area contributed by atoms with Crippen LogP contribution in [0, 0.1) is 0 Å². The Bertz CT molecular complexity index is 887. The lowest BCUT2D eigenvalue weighted by atomic mass is 10.2. The second-order valence-corrected chi connectivity index (χ2v) is 8.36. The number of hydrogen-bond acceptors (Lipinski definition) is 5. The molecule has 0 bridgehead atoms. The summed E-state index contributed by atoms with van der Waals surface area (Å²) in [6.45, 7) is 2.44. The number of benzene rings is 2. The summed E-state index contributed by atoms with van der Waals surface area (Å²) in [5, 5.41) is 2.66. The molecule has 1 fully saturated rings. The fourth-order valence-electron chi connectivity index (χ4n) is 3.23. The number of alkyl halides is 3. The van der Waals surface area contributed by atoms with Crippen molar-refractivity contribution in [2.45, 2.75) is 17.7 Å². The van der Waals surface area contributed by atoms with Crippen molar-refractivity contribution in [3.8, 4) is 5.75 Å². The lowest BCUT2D eigenvalue weighted by Gasteiger charge is -2.34. The van der Waals surface area contributed by atoms with Gasteiger partial charge in [-0.3, -0.25) is 14.5 Å². The average molecular weight is 468 g/mol. The third kappa shape index (κ3) is 8.08. The first-order valence-corrected chi connectivity index (χ1v) is 11.1. The summed E-state index contributed by atoms with van der Waals surface area (Å²) in [4.78, 5) is 29.5. The maximum Gasteiger partial charge on any atom is 0.573 e. The van der Waals surface area contributed by atoms with E-state index in [9.17, 15) is 22.8 Å². The molecule has 1 saturated heterocycles. The minimum Gasteiger partial charge on any atom is -0.406 e. The number of ether oxygens (including phenoxy) is 1. The number of carbonyl (C=O) groups is 2. The van der Waals surface area contributed by atoms with Gasteiger partial charge >= 0.3 is 6.36 Å².